The molecule has 0 spiro atoms. The highest BCUT2D eigenvalue weighted by Gasteiger charge is 2.25. The average Bonchev–Trinajstić information content (AvgIpc) is 2.78. The molecule has 0 aliphatic heterocycles. The Kier molecular flexibility index (Phi) is 4.53. The van der Waals surface area contributed by atoms with E-state index in [-0.39, 0.29) is 17.8 Å². The molecule has 1 aromatic carbocycles. The number of rotatable bonds is 5. The largest absolute Gasteiger partial charge is 0.466 e. The lowest BCUT2D eigenvalue weighted by molar-refractivity contribution is -0.149. The molecule has 0 saturated heterocycles. The number of aromatic nitrogens is 1. The van der Waals surface area contributed by atoms with E-state index in [1.165, 1.54) is 4.70 Å². The number of carbonyl (C=O) groups excluding carboxylic acids is 1. The molecule has 2 aromatic rings. The van der Waals surface area contributed by atoms with E-state index in [9.17, 15) is 4.79 Å². The summed E-state index contributed by atoms with van der Waals surface area (Å²) in [6, 6.07) is 8.06. The van der Waals surface area contributed by atoms with Crippen molar-refractivity contribution in [3.8, 4) is 0 Å². The number of para-hydroxylation sites is 1. The lowest BCUT2D eigenvalue weighted by atomic mass is 9.93. The minimum absolute atomic E-state index is 0.111. The minimum atomic E-state index is -0.114. The summed E-state index contributed by atoms with van der Waals surface area (Å²) in [6.45, 7) is 6.37. The van der Waals surface area contributed by atoms with Gasteiger partial charge in [-0.05, 0) is 25.0 Å². The van der Waals surface area contributed by atoms with E-state index in [4.69, 9.17) is 4.74 Å². The average molecular weight is 277 g/mol. The molecule has 1 unspecified atom stereocenters. The van der Waals surface area contributed by atoms with E-state index in [2.05, 4.69) is 24.9 Å². The van der Waals surface area contributed by atoms with Gasteiger partial charge in [0, 0.05) is 6.42 Å². The van der Waals surface area contributed by atoms with Gasteiger partial charge in [-0.25, -0.2) is 4.98 Å². The highest BCUT2D eigenvalue weighted by Crippen LogP contribution is 2.26. The van der Waals surface area contributed by atoms with Gasteiger partial charge in [0.25, 0.3) is 0 Å². The summed E-state index contributed by atoms with van der Waals surface area (Å²) in [4.78, 5) is 16.5. The molecule has 0 bridgehead atoms. The maximum Gasteiger partial charge on any atom is 0.309 e. The Hall–Kier alpha value is -1.42. The molecule has 19 heavy (non-hydrogen) atoms. The van der Waals surface area contributed by atoms with Crippen molar-refractivity contribution in [1.29, 1.82) is 0 Å². The van der Waals surface area contributed by atoms with Crippen molar-refractivity contribution in [2.45, 2.75) is 27.2 Å². The Morgan fingerprint density at radius 2 is 2.11 bits per heavy atom. The van der Waals surface area contributed by atoms with Crippen molar-refractivity contribution in [2.24, 2.45) is 11.8 Å². The van der Waals surface area contributed by atoms with Gasteiger partial charge in [-0.3, -0.25) is 4.79 Å². The Morgan fingerprint density at radius 3 is 2.74 bits per heavy atom. The maximum absolute atomic E-state index is 12.0. The third-order valence-electron chi connectivity index (χ3n) is 3.13. The highest BCUT2D eigenvalue weighted by atomic mass is 32.1. The first-order valence-electron chi connectivity index (χ1n) is 6.63. The number of fused-ring (bicyclic) bond motifs is 1. The predicted octanol–water partition coefficient (Wildman–Crippen LogP) is 3.67. The fourth-order valence-electron chi connectivity index (χ4n) is 2.04. The monoisotopic (exact) mass is 277 g/mol. The van der Waals surface area contributed by atoms with Gasteiger partial charge in [0.05, 0.1) is 27.7 Å². The van der Waals surface area contributed by atoms with Gasteiger partial charge in [-0.15, -0.1) is 11.3 Å². The zero-order valence-electron chi connectivity index (χ0n) is 11.6. The van der Waals surface area contributed by atoms with E-state index in [0.717, 1.165) is 10.5 Å². The van der Waals surface area contributed by atoms with Crippen LogP contribution in [0.4, 0.5) is 0 Å². The summed E-state index contributed by atoms with van der Waals surface area (Å²) < 4.78 is 6.32. The molecule has 0 fully saturated rings. The Balaban J connectivity index is 2.18. The van der Waals surface area contributed by atoms with Gasteiger partial charge in [0.1, 0.15) is 0 Å². The van der Waals surface area contributed by atoms with E-state index in [0.29, 0.717) is 13.0 Å². The van der Waals surface area contributed by atoms with Crippen molar-refractivity contribution in [1.82, 2.24) is 4.98 Å². The van der Waals surface area contributed by atoms with Crippen LogP contribution in [0.2, 0.25) is 0 Å². The molecule has 0 radical (unpaired) electrons. The lowest BCUT2D eigenvalue weighted by Gasteiger charge is -2.17. The number of nitrogens with zero attached hydrogens (tertiary/aromatic N) is 1. The number of carbonyl (C=O) groups is 1. The normalized spacial score (nSPS) is 12.8. The van der Waals surface area contributed by atoms with Gasteiger partial charge >= 0.3 is 5.97 Å². The van der Waals surface area contributed by atoms with Crippen molar-refractivity contribution in [2.75, 3.05) is 6.61 Å². The molecule has 0 N–H and O–H groups in total. The molecule has 1 aromatic heterocycles. The highest BCUT2D eigenvalue weighted by molar-refractivity contribution is 7.18. The smallest absolute Gasteiger partial charge is 0.309 e. The van der Waals surface area contributed by atoms with Crippen LogP contribution in [0.1, 0.15) is 25.8 Å². The fourth-order valence-corrected chi connectivity index (χ4v) is 3.06. The topological polar surface area (TPSA) is 39.2 Å². The van der Waals surface area contributed by atoms with E-state index in [1.807, 2.05) is 25.1 Å². The van der Waals surface area contributed by atoms with Crippen LogP contribution < -0.4 is 0 Å². The first kappa shape index (κ1) is 14.0. The third-order valence-corrected chi connectivity index (χ3v) is 4.19. The summed E-state index contributed by atoms with van der Waals surface area (Å²) in [5.41, 5.74) is 1.01. The van der Waals surface area contributed by atoms with Crippen LogP contribution in [-0.4, -0.2) is 17.6 Å². The molecule has 0 aliphatic rings. The number of hydrogen-bond donors (Lipinski definition) is 0. The van der Waals surface area contributed by atoms with Crippen LogP contribution in [-0.2, 0) is 16.0 Å². The summed E-state index contributed by atoms with van der Waals surface area (Å²) in [5.74, 6) is 0.0309. The van der Waals surface area contributed by atoms with Crippen LogP contribution in [0.25, 0.3) is 10.2 Å². The standard InChI is InChI=1S/C15H19NO2S/c1-4-18-15(17)11(10(2)3)9-14-16-12-7-5-6-8-13(12)19-14/h5-8,10-11H,4,9H2,1-3H3. The summed E-state index contributed by atoms with van der Waals surface area (Å²) in [5, 5.41) is 1.01. The number of hydrogen-bond acceptors (Lipinski definition) is 4. The van der Waals surface area contributed by atoms with Crippen molar-refractivity contribution >= 4 is 27.5 Å². The molecule has 0 aliphatic carbocycles. The number of thiazole rings is 1. The molecule has 2 rings (SSSR count). The maximum atomic E-state index is 12.0. The van der Waals surface area contributed by atoms with Crippen LogP contribution in [0.15, 0.2) is 24.3 Å². The van der Waals surface area contributed by atoms with E-state index in [1.54, 1.807) is 11.3 Å². The molecule has 3 nitrogen and oxygen atoms in total. The lowest BCUT2D eigenvalue weighted by Crippen LogP contribution is -2.24. The molecular formula is C15H19NO2S. The van der Waals surface area contributed by atoms with Crippen LogP contribution in [0, 0.1) is 11.8 Å². The summed E-state index contributed by atoms with van der Waals surface area (Å²) >= 11 is 1.66. The molecule has 4 heteroatoms. The van der Waals surface area contributed by atoms with E-state index < -0.39 is 0 Å². The number of esters is 1. The second-order valence-electron chi connectivity index (χ2n) is 4.88. The quantitative estimate of drug-likeness (QED) is 0.783. The first-order valence-corrected chi connectivity index (χ1v) is 7.44. The van der Waals surface area contributed by atoms with Gasteiger partial charge in [0.2, 0.25) is 0 Å². The summed E-state index contributed by atoms with van der Waals surface area (Å²) in [7, 11) is 0. The van der Waals surface area contributed by atoms with Crippen LogP contribution in [0.5, 0.6) is 0 Å². The van der Waals surface area contributed by atoms with Gasteiger partial charge in [-0.2, -0.15) is 0 Å². The molecule has 1 atom stereocenters. The van der Waals surface area contributed by atoms with Gasteiger partial charge in [-0.1, -0.05) is 26.0 Å². The number of benzene rings is 1. The fraction of sp³-hybridized carbons (Fsp3) is 0.467. The Morgan fingerprint density at radius 1 is 1.37 bits per heavy atom. The second kappa shape index (κ2) is 6.15. The third kappa shape index (κ3) is 3.32. The molecule has 0 amide bonds. The van der Waals surface area contributed by atoms with Crippen molar-refractivity contribution < 1.29 is 9.53 Å². The molecule has 1 heterocycles. The Bertz CT molecular complexity index is 529. The van der Waals surface area contributed by atoms with Crippen molar-refractivity contribution in [3.05, 3.63) is 29.3 Å². The van der Waals surface area contributed by atoms with Gasteiger partial charge < -0.3 is 4.74 Å². The molecular weight excluding hydrogens is 258 g/mol. The Labute approximate surface area is 117 Å². The first-order chi connectivity index (χ1) is 9.11. The second-order valence-corrected chi connectivity index (χ2v) is 6.00. The van der Waals surface area contributed by atoms with Crippen LogP contribution in [0.3, 0.4) is 0 Å². The van der Waals surface area contributed by atoms with E-state index >= 15 is 0 Å². The zero-order valence-corrected chi connectivity index (χ0v) is 12.4. The van der Waals surface area contributed by atoms with Crippen LogP contribution >= 0.6 is 11.3 Å². The number of ether oxygens (including phenoxy) is 1. The van der Waals surface area contributed by atoms with Crippen molar-refractivity contribution in [3.63, 3.8) is 0 Å². The zero-order chi connectivity index (χ0) is 13.8. The summed E-state index contributed by atoms with van der Waals surface area (Å²) in [6.07, 6.45) is 0.663. The predicted molar refractivity (Wildman–Crippen MR) is 78.3 cm³/mol. The molecule has 102 valence electrons. The minimum Gasteiger partial charge on any atom is -0.466 e. The SMILES string of the molecule is CCOC(=O)C(Cc1nc2ccccc2s1)C(C)C. The molecule has 0 saturated carbocycles. The van der Waals surface area contributed by atoms with Gasteiger partial charge in [0.15, 0.2) is 0 Å².